The zero-order valence-electron chi connectivity index (χ0n) is 10.7. The lowest BCUT2D eigenvalue weighted by Gasteiger charge is -2.21. The third-order valence-electron chi connectivity index (χ3n) is 3.69. The molecule has 0 aliphatic heterocycles. The molecule has 0 heterocycles. The van der Waals surface area contributed by atoms with Crippen LogP contribution in [0.2, 0.25) is 0 Å². The third kappa shape index (κ3) is 4.52. The van der Waals surface area contributed by atoms with Crippen LogP contribution in [0.15, 0.2) is 0 Å². The minimum atomic E-state index is 0.284. The Morgan fingerprint density at radius 1 is 1.44 bits per heavy atom. The molecule has 1 fully saturated rings. The fraction of sp³-hybridized carbons (Fsp3) is 0.923. The van der Waals surface area contributed by atoms with E-state index in [1.165, 1.54) is 25.7 Å². The van der Waals surface area contributed by atoms with E-state index in [4.69, 9.17) is 5.73 Å². The molecule has 3 heteroatoms. The minimum absolute atomic E-state index is 0.284. The second kappa shape index (κ2) is 6.89. The maximum Gasteiger partial charge on any atom is 0.222 e. The quantitative estimate of drug-likeness (QED) is 0.753. The highest BCUT2D eigenvalue weighted by Gasteiger charge is 2.19. The van der Waals surface area contributed by atoms with Gasteiger partial charge in [-0.25, -0.2) is 0 Å². The molecule has 0 aromatic rings. The summed E-state index contributed by atoms with van der Waals surface area (Å²) in [5.41, 5.74) is 5.54. The average Bonchev–Trinajstić information content (AvgIpc) is 2.77. The zero-order valence-corrected chi connectivity index (χ0v) is 10.7. The second-order valence-corrected chi connectivity index (χ2v) is 5.30. The molecule has 0 aromatic heterocycles. The summed E-state index contributed by atoms with van der Waals surface area (Å²) in [7, 11) is 1.94. The summed E-state index contributed by atoms with van der Waals surface area (Å²) in [5, 5.41) is 0. The summed E-state index contributed by atoms with van der Waals surface area (Å²) >= 11 is 0. The van der Waals surface area contributed by atoms with E-state index in [9.17, 15) is 4.79 Å². The maximum atomic E-state index is 11.8. The predicted octanol–water partition coefficient (Wildman–Crippen LogP) is 2.01. The Bertz CT molecular complexity index is 212. The molecule has 1 aliphatic carbocycles. The van der Waals surface area contributed by atoms with Gasteiger partial charge in [-0.15, -0.1) is 0 Å². The van der Waals surface area contributed by atoms with Crippen molar-refractivity contribution in [1.29, 1.82) is 0 Å². The predicted molar refractivity (Wildman–Crippen MR) is 67.0 cm³/mol. The first-order valence-electron chi connectivity index (χ1n) is 6.57. The lowest BCUT2D eigenvalue weighted by molar-refractivity contribution is -0.130. The summed E-state index contributed by atoms with van der Waals surface area (Å²) < 4.78 is 0. The Hall–Kier alpha value is -0.570. The Morgan fingerprint density at radius 2 is 2.06 bits per heavy atom. The topological polar surface area (TPSA) is 46.3 Å². The highest BCUT2D eigenvalue weighted by Crippen LogP contribution is 2.25. The van der Waals surface area contributed by atoms with Crippen molar-refractivity contribution in [2.45, 2.75) is 45.4 Å². The van der Waals surface area contributed by atoms with Gasteiger partial charge in [-0.3, -0.25) is 4.79 Å². The third-order valence-corrected chi connectivity index (χ3v) is 3.69. The van der Waals surface area contributed by atoms with Gasteiger partial charge in [0.05, 0.1) is 0 Å². The number of nitrogens with zero attached hydrogens (tertiary/aromatic N) is 1. The smallest absolute Gasteiger partial charge is 0.222 e. The normalized spacial score (nSPS) is 18.7. The van der Waals surface area contributed by atoms with Crippen molar-refractivity contribution >= 4 is 5.91 Å². The van der Waals surface area contributed by atoms with Crippen molar-refractivity contribution in [1.82, 2.24) is 4.90 Å². The van der Waals surface area contributed by atoms with E-state index in [0.717, 1.165) is 18.9 Å². The lowest BCUT2D eigenvalue weighted by Crippen LogP contribution is -2.31. The van der Waals surface area contributed by atoms with E-state index in [-0.39, 0.29) is 5.91 Å². The van der Waals surface area contributed by atoms with Crippen LogP contribution >= 0.6 is 0 Å². The van der Waals surface area contributed by atoms with Crippen LogP contribution < -0.4 is 5.73 Å². The summed E-state index contributed by atoms with van der Waals surface area (Å²) in [6, 6.07) is 0. The molecular formula is C13H26N2O. The fourth-order valence-corrected chi connectivity index (χ4v) is 2.36. The maximum absolute atomic E-state index is 11.8. The van der Waals surface area contributed by atoms with Crippen LogP contribution in [0.1, 0.15) is 45.4 Å². The number of hydrogen-bond acceptors (Lipinski definition) is 2. The summed E-state index contributed by atoms with van der Waals surface area (Å²) in [4.78, 5) is 13.8. The van der Waals surface area contributed by atoms with Gasteiger partial charge in [0.2, 0.25) is 5.91 Å². The Balaban J connectivity index is 2.19. The van der Waals surface area contributed by atoms with Gasteiger partial charge >= 0.3 is 0 Å². The van der Waals surface area contributed by atoms with Crippen LogP contribution in [0.3, 0.4) is 0 Å². The largest absolute Gasteiger partial charge is 0.345 e. The van der Waals surface area contributed by atoms with Gasteiger partial charge in [0.25, 0.3) is 0 Å². The van der Waals surface area contributed by atoms with Crippen molar-refractivity contribution in [3.63, 3.8) is 0 Å². The molecule has 16 heavy (non-hydrogen) atoms. The lowest BCUT2D eigenvalue weighted by atomic mass is 10.0. The minimum Gasteiger partial charge on any atom is -0.345 e. The van der Waals surface area contributed by atoms with Gasteiger partial charge in [0.15, 0.2) is 0 Å². The highest BCUT2D eigenvalue weighted by molar-refractivity contribution is 5.75. The van der Waals surface area contributed by atoms with Gasteiger partial charge in [-0.05, 0) is 37.6 Å². The van der Waals surface area contributed by atoms with Crippen LogP contribution in [-0.2, 0) is 4.79 Å². The summed E-state index contributed by atoms with van der Waals surface area (Å²) in [6.45, 7) is 3.74. The molecule has 1 rings (SSSR count). The van der Waals surface area contributed by atoms with Crippen LogP contribution in [-0.4, -0.2) is 30.9 Å². The van der Waals surface area contributed by atoms with Gasteiger partial charge in [0.1, 0.15) is 0 Å². The van der Waals surface area contributed by atoms with Crippen molar-refractivity contribution in [2.75, 3.05) is 20.1 Å². The molecule has 0 spiro atoms. The number of carbonyl (C=O) groups is 1. The van der Waals surface area contributed by atoms with Crippen LogP contribution in [0.5, 0.6) is 0 Å². The molecule has 3 nitrogen and oxygen atoms in total. The van der Waals surface area contributed by atoms with E-state index in [1.807, 2.05) is 11.9 Å². The van der Waals surface area contributed by atoms with Gasteiger partial charge in [-0.1, -0.05) is 19.8 Å². The number of rotatable bonds is 6. The molecular weight excluding hydrogens is 200 g/mol. The van der Waals surface area contributed by atoms with E-state index in [2.05, 4.69) is 6.92 Å². The monoisotopic (exact) mass is 226 g/mol. The van der Waals surface area contributed by atoms with Crippen molar-refractivity contribution in [3.8, 4) is 0 Å². The molecule has 1 saturated carbocycles. The molecule has 2 N–H and O–H groups in total. The van der Waals surface area contributed by atoms with E-state index >= 15 is 0 Å². The molecule has 1 aliphatic rings. The van der Waals surface area contributed by atoms with Crippen LogP contribution in [0.25, 0.3) is 0 Å². The standard InChI is InChI=1S/C13H26N2O/c1-11(9-14)7-8-13(16)15(2)10-12-5-3-4-6-12/h11-12H,3-10,14H2,1-2H3. The molecule has 1 atom stereocenters. The highest BCUT2D eigenvalue weighted by atomic mass is 16.2. The Morgan fingerprint density at radius 3 is 2.62 bits per heavy atom. The fourth-order valence-electron chi connectivity index (χ4n) is 2.36. The van der Waals surface area contributed by atoms with Crippen molar-refractivity contribution in [3.05, 3.63) is 0 Å². The molecule has 0 saturated heterocycles. The Labute approximate surface area is 99.4 Å². The van der Waals surface area contributed by atoms with Gasteiger partial charge in [-0.2, -0.15) is 0 Å². The molecule has 1 unspecified atom stereocenters. The molecule has 0 bridgehead atoms. The van der Waals surface area contributed by atoms with E-state index in [1.54, 1.807) is 0 Å². The van der Waals surface area contributed by atoms with Crippen molar-refractivity contribution in [2.24, 2.45) is 17.6 Å². The van der Waals surface area contributed by atoms with Crippen LogP contribution in [0.4, 0.5) is 0 Å². The SMILES string of the molecule is CC(CN)CCC(=O)N(C)CC1CCCC1. The van der Waals surface area contributed by atoms with Gasteiger partial charge < -0.3 is 10.6 Å². The van der Waals surface area contributed by atoms with E-state index in [0.29, 0.717) is 18.9 Å². The Kier molecular flexibility index (Phi) is 5.81. The van der Waals surface area contributed by atoms with Crippen LogP contribution in [0, 0.1) is 11.8 Å². The van der Waals surface area contributed by atoms with Crippen molar-refractivity contribution < 1.29 is 4.79 Å². The number of hydrogen-bond donors (Lipinski definition) is 1. The molecule has 94 valence electrons. The number of nitrogens with two attached hydrogens (primary N) is 1. The average molecular weight is 226 g/mol. The van der Waals surface area contributed by atoms with E-state index < -0.39 is 0 Å². The zero-order chi connectivity index (χ0) is 12.0. The second-order valence-electron chi connectivity index (χ2n) is 5.30. The molecule has 1 amide bonds. The first-order valence-corrected chi connectivity index (χ1v) is 6.57. The summed E-state index contributed by atoms with van der Waals surface area (Å²) in [5.74, 6) is 1.50. The first kappa shape index (κ1) is 13.5. The molecule has 0 aromatic carbocycles. The first-order chi connectivity index (χ1) is 7.63. The van der Waals surface area contributed by atoms with Gasteiger partial charge in [0, 0.05) is 20.0 Å². The molecule has 0 radical (unpaired) electrons. The number of amides is 1. The summed E-state index contributed by atoms with van der Waals surface area (Å²) in [6.07, 6.45) is 6.87. The number of carbonyl (C=O) groups excluding carboxylic acids is 1.